The number of Topliss-reactive ketones (excluding diaryl/α,β-unsaturated/α-hetero) is 1. The van der Waals surface area contributed by atoms with Gasteiger partial charge >= 0.3 is 0 Å². The zero-order chi connectivity index (χ0) is 22.2. The highest BCUT2D eigenvalue weighted by atomic mass is 79.9. The van der Waals surface area contributed by atoms with E-state index in [1.807, 2.05) is 66.3 Å². The number of pyridine rings is 1. The summed E-state index contributed by atoms with van der Waals surface area (Å²) in [6.45, 7) is 1.90. The van der Waals surface area contributed by atoms with Crippen LogP contribution in [0.15, 0.2) is 82.6 Å². The quantitative estimate of drug-likeness (QED) is 0.431. The lowest BCUT2D eigenvalue weighted by Gasteiger charge is -2.29. The summed E-state index contributed by atoms with van der Waals surface area (Å²) < 4.78 is 2.88. The number of carbonyl (C=O) groups is 1. The molecule has 1 unspecified atom stereocenters. The van der Waals surface area contributed by atoms with Crippen molar-refractivity contribution < 1.29 is 9.90 Å². The molecule has 0 radical (unpaired) electrons. The average molecular weight is 488 g/mol. The number of rotatable bonds is 5. The van der Waals surface area contributed by atoms with Crippen molar-refractivity contribution in [1.82, 2.24) is 14.8 Å². The Bertz CT molecular complexity index is 1360. The van der Waals surface area contributed by atoms with E-state index >= 15 is 0 Å². The van der Waals surface area contributed by atoms with E-state index in [0.717, 1.165) is 43.2 Å². The molecule has 1 N–H and O–H groups in total. The molecule has 0 bridgehead atoms. The lowest BCUT2D eigenvalue weighted by atomic mass is 9.85. The first-order valence-corrected chi connectivity index (χ1v) is 11.3. The number of aromatic nitrogens is 3. The van der Waals surface area contributed by atoms with Gasteiger partial charge in [0.15, 0.2) is 5.78 Å². The van der Waals surface area contributed by atoms with Gasteiger partial charge in [0.25, 0.3) is 0 Å². The topological polar surface area (TPSA) is 68.0 Å². The molecule has 3 heterocycles. The number of benzene rings is 2. The number of hydrogen-bond acceptors (Lipinski definition) is 4. The van der Waals surface area contributed by atoms with E-state index in [1.165, 1.54) is 0 Å². The minimum atomic E-state index is -0.315. The maximum Gasteiger partial charge on any atom is 0.165 e. The van der Waals surface area contributed by atoms with Gasteiger partial charge < -0.3 is 5.11 Å². The van der Waals surface area contributed by atoms with Gasteiger partial charge in [-0.05, 0) is 47.7 Å². The lowest BCUT2D eigenvalue weighted by Crippen LogP contribution is -2.28. The molecule has 0 saturated heterocycles. The Morgan fingerprint density at radius 1 is 1.12 bits per heavy atom. The van der Waals surface area contributed by atoms with Crippen LogP contribution in [0.5, 0.6) is 0 Å². The molecular formula is C26H22BrN3O2. The van der Waals surface area contributed by atoms with Crippen LogP contribution in [0.2, 0.25) is 0 Å². The fraction of sp³-hybridized carbons (Fsp3) is 0.192. The average Bonchev–Trinajstić information content (AvgIpc) is 3.21. The van der Waals surface area contributed by atoms with Crippen molar-refractivity contribution in [2.45, 2.75) is 32.4 Å². The molecule has 4 aromatic rings. The summed E-state index contributed by atoms with van der Waals surface area (Å²) in [6.07, 6.45) is 4.56. The van der Waals surface area contributed by atoms with Gasteiger partial charge in [0.05, 0.1) is 12.3 Å². The van der Waals surface area contributed by atoms with Crippen molar-refractivity contribution in [1.29, 1.82) is 0 Å². The molecular weight excluding hydrogens is 466 g/mol. The van der Waals surface area contributed by atoms with Crippen molar-refractivity contribution in [2.75, 3.05) is 0 Å². The summed E-state index contributed by atoms with van der Waals surface area (Å²) in [5.41, 5.74) is 5.42. The molecule has 2 aromatic carbocycles. The van der Waals surface area contributed by atoms with Crippen LogP contribution < -0.4 is 0 Å². The minimum Gasteiger partial charge on any atom is -0.390 e. The Kier molecular flexibility index (Phi) is 5.49. The van der Waals surface area contributed by atoms with Crippen LogP contribution >= 0.6 is 15.9 Å². The molecule has 0 fully saturated rings. The summed E-state index contributed by atoms with van der Waals surface area (Å²) in [4.78, 5) is 17.8. The van der Waals surface area contributed by atoms with Gasteiger partial charge in [-0.15, -0.1) is 0 Å². The number of ketones is 1. The second kappa shape index (κ2) is 8.45. The highest BCUT2D eigenvalue weighted by Gasteiger charge is 2.32. The van der Waals surface area contributed by atoms with Gasteiger partial charge in [-0.25, -0.2) is 0 Å². The monoisotopic (exact) mass is 487 g/mol. The van der Waals surface area contributed by atoms with Crippen LogP contribution in [0.3, 0.4) is 0 Å². The Morgan fingerprint density at radius 3 is 2.72 bits per heavy atom. The van der Waals surface area contributed by atoms with E-state index in [9.17, 15) is 9.90 Å². The molecule has 2 aromatic heterocycles. The summed E-state index contributed by atoms with van der Waals surface area (Å²) in [7, 11) is 0. The van der Waals surface area contributed by atoms with Crippen LogP contribution in [0.4, 0.5) is 0 Å². The first-order chi connectivity index (χ1) is 15.5. The Labute approximate surface area is 194 Å². The molecule has 0 spiro atoms. The zero-order valence-corrected chi connectivity index (χ0v) is 19.2. The second-order valence-electron chi connectivity index (χ2n) is 8.21. The lowest BCUT2D eigenvalue weighted by molar-refractivity contribution is -0.115. The molecule has 5 nitrogen and oxygen atoms in total. The fourth-order valence-electron chi connectivity index (χ4n) is 4.51. The normalized spacial score (nSPS) is 15.8. The van der Waals surface area contributed by atoms with Crippen molar-refractivity contribution in [2.24, 2.45) is 0 Å². The summed E-state index contributed by atoms with van der Waals surface area (Å²) >= 11 is 3.50. The standard InChI is InChI=1S/C26H22BrN3O2/c1-16-10-23-13-22(15-31)29-30(23)26(18-4-6-21(27)7-5-18)25(16)24(32)12-17-2-3-20-14-28-9-8-19(20)11-17/h2-9,11,13-14,26,31H,10,12,15H2,1H3. The van der Waals surface area contributed by atoms with Crippen molar-refractivity contribution in [3.05, 3.63) is 105 Å². The molecule has 1 aliphatic rings. The van der Waals surface area contributed by atoms with Crippen molar-refractivity contribution in [3.63, 3.8) is 0 Å². The van der Waals surface area contributed by atoms with Crippen LogP contribution in [-0.2, 0) is 24.2 Å². The smallest absolute Gasteiger partial charge is 0.165 e. The van der Waals surface area contributed by atoms with E-state index in [2.05, 4.69) is 32.1 Å². The van der Waals surface area contributed by atoms with Gasteiger partial charge in [-0.2, -0.15) is 5.10 Å². The summed E-state index contributed by atoms with van der Waals surface area (Å²) in [6, 6.07) is 17.6. The molecule has 1 atom stereocenters. The summed E-state index contributed by atoms with van der Waals surface area (Å²) in [5, 5.41) is 16.4. The number of aliphatic hydroxyl groups is 1. The highest BCUT2D eigenvalue weighted by molar-refractivity contribution is 9.10. The van der Waals surface area contributed by atoms with E-state index in [0.29, 0.717) is 18.5 Å². The first-order valence-electron chi connectivity index (χ1n) is 10.5. The largest absolute Gasteiger partial charge is 0.390 e. The molecule has 160 valence electrons. The van der Waals surface area contributed by atoms with Gasteiger partial charge in [-0.3, -0.25) is 14.5 Å². The van der Waals surface area contributed by atoms with Crippen molar-refractivity contribution >= 4 is 32.5 Å². The Hall–Kier alpha value is -3.09. The maximum absolute atomic E-state index is 13.7. The van der Waals surface area contributed by atoms with Gasteiger partial charge in [0, 0.05) is 46.4 Å². The predicted molar refractivity (Wildman–Crippen MR) is 127 cm³/mol. The Morgan fingerprint density at radius 2 is 1.94 bits per heavy atom. The third-order valence-electron chi connectivity index (χ3n) is 6.01. The summed E-state index contributed by atoms with van der Waals surface area (Å²) in [5.74, 6) is 0.0931. The van der Waals surface area contributed by atoms with Crippen LogP contribution in [0.25, 0.3) is 10.8 Å². The molecule has 5 rings (SSSR count). The van der Waals surface area contributed by atoms with Crippen LogP contribution in [-0.4, -0.2) is 25.7 Å². The fourth-order valence-corrected chi connectivity index (χ4v) is 4.78. The number of halogens is 1. The maximum atomic E-state index is 13.7. The van der Waals surface area contributed by atoms with Crippen molar-refractivity contribution in [3.8, 4) is 0 Å². The van der Waals surface area contributed by atoms with E-state index in [-0.39, 0.29) is 18.4 Å². The van der Waals surface area contributed by atoms with E-state index in [1.54, 1.807) is 6.20 Å². The highest BCUT2D eigenvalue weighted by Crippen LogP contribution is 2.37. The van der Waals surface area contributed by atoms with E-state index in [4.69, 9.17) is 0 Å². The molecule has 0 aliphatic carbocycles. The second-order valence-corrected chi connectivity index (χ2v) is 9.13. The number of nitrogens with zero attached hydrogens (tertiary/aromatic N) is 3. The van der Waals surface area contributed by atoms with Crippen LogP contribution in [0, 0.1) is 0 Å². The number of aliphatic hydroxyl groups excluding tert-OH is 1. The molecule has 0 saturated carbocycles. The molecule has 6 heteroatoms. The van der Waals surface area contributed by atoms with Gasteiger partial charge in [0.1, 0.15) is 6.04 Å². The number of carbonyl (C=O) groups excluding carboxylic acids is 1. The molecule has 1 aliphatic heterocycles. The van der Waals surface area contributed by atoms with Crippen LogP contribution in [0.1, 0.15) is 35.5 Å². The third-order valence-corrected chi connectivity index (χ3v) is 6.53. The third kappa shape index (κ3) is 3.80. The first kappa shape index (κ1) is 20.8. The predicted octanol–water partition coefficient (Wildman–Crippen LogP) is 4.96. The Balaban J connectivity index is 1.55. The zero-order valence-electron chi connectivity index (χ0n) is 17.6. The van der Waals surface area contributed by atoms with Gasteiger partial charge in [0.2, 0.25) is 0 Å². The number of allylic oxidation sites excluding steroid dienone is 2. The minimum absolute atomic E-state index is 0.0931. The number of fused-ring (bicyclic) bond motifs is 2. The van der Waals surface area contributed by atoms with E-state index < -0.39 is 0 Å². The molecule has 32 heavy (non-hydrogen) atoms. The van der Waals surface area contributed by atoms with Gasteiger partial charge in [-0.1, -0.05) is 51.8 Å². The SMILES string of the molecule is CC1=C(C(=O)Cc2ccc3cnccc3c2)C(c2ccc(Br)cc2)n2nc(CO)cc2C1. The molecule has 0 amide bonds. The number of hydrogen-bond donors (Lipinski definition) is 1.